The van der Waals surface area contributed by atoms with Crippen LogP contribution in [0, 0.1) is 5.82 Å². The van der Waals surface area contributed by atoms with Crippen molar-refractivity contribution in [3.05, 3.63) is 75.6 Å². The fourth-order valence-electron chi connectivity index (χ4n) is 2.48. The van der Waals surface area contributed by atoms with Gasteiger partial charge in [-0.05, 0) is 42.5 Å². The van der Waals surface area contributed by atoms with Gasteiger partial charge in [0.05, 0.1) is 15.7 Å². The molecule has 2 heterocycles. The molecule has 8 heteroatoms. The molecule has 0 unspecified atom stereocenters. The number of benzene rings is 2. The fraction of sp³-hybridized carbons (Fsp3) is 0. The average molecular weight is 406 g/mol. The highest BCUT2D eigenvalue weighted by Gasteiger charge is 2.16. The van der Waals surface area contributed by atoms with E-state index in [0.29, 0.717) is 32.1 Å². The topological polar surface area (TPSA) is 46.4 Å². The summed E-state index contributed by atoms with van der Waals surface area (Å²) in [4.78, 5) is 17.8. The first-order chi connectivity index (χ1) is 12.5. The summed E-state index contributed by atoms with van der Waals surface area (Å²) in [5, 5.41) is 5.29. The molecule has 0 bridgehead atoms. The Balaban J connectivity index is 1.64. The van der Waals surface area contributed by atoms with Crippen molar-refractivity contribution in [1.29, 1.82) is 0 Å². The summed E-state index contributed by atoms with van der Waals surface area (Å²) in [6.07, 6.45) is 1.75. The highest BCUT2D eigenvalue weighted by atomic mass is 35.5. The number of imidazole rings is 1. The summed E-state index contributed by atoms with van der Waals surface area (Å²) >= 11 is 13.2. The zero-order chi connectivity index (χ0) is 18.3. The van der Waals surface area contributed by atoms with E-state index in [1.807, 2.05) is 0 Å². The molecular weight excluding hydrogens is 396 g/mol. The van der Waals surface area contributed by atoms with Crippen molar-refractivity contribution in [3.8, 4) is 11.3 Å². The van der Waals surface area contributed by atoms with Gasteiger partial charge in [-0.2, -0.15) is 0 Å². The molecule has 0 saturated carbocycles. The molecule has 0 radical (unpaired) electrons. The standard InChI is InChI=1S/C18H10Cl2FN3OS/c19-13-6-5-12(7-14(13)20)22-17(25)16-9-26-18-23-15(8-24(16)18)10-1-3-11(21)4-2-10/h1-9H,(H,22,25). The molecule has 26 heavy (non-hydrogen) atoms. The molecule has 1 N–H and O–H groups in total. The second-order valence-electron chi connectivity index (χ2n) is 5.49. The molecule has 4 aromatic rings. The van der Waals surface area contributed by atoms with Crippen molar-refractivity contribution in [2.75, 3.05) is 5.32 Å². The lowest BCUT2D eigenvalue weighted by molar-refractivity contribution is 0.102. The first kappa shape index (κ1) is 17.0. The second-order valence-corrected chi connectivity index (χ2v) is 7.14. The Hall–Kier alpha value is -2.41. The molecule has 4 rings (SSSR count). The van der Waals surface area contributed by atoms with Crippen LogP contribution in [0.4, 0.5) is 10.1 Å². The van der Waals surface area contributed by atoms with E-state index in [9.17, 15) is 9.18 Å². The highest BCUT2D eigenvalue weighted by molar-refractivity contribution is 7.15. The van der Waals surface area contributed by atoms with Crippen LogP contribution in [0.2, 0.25) is 10.0 Å². The first-order valence-electron chi connectivity index (χ1n) is 7.50. The van der Waals surface area contributed by atoms with Crippen molar-refractivity contribution in [1.82, 2.24) is 9.38 Å². The van der Waals surface area contributed by atoms with Crippen LogP contribution >= 0.6 is 34.5 Å². The molecule has 0 saturated heterocycles. The van der Waals surface area contributed by atoms with Gasteiger partial charge in [0, 0.05) is 22.8 Å². The van der Waals surface area contributed by atoms with Crippen molar-refractivity contribution >= 4 is 51.1 Å². The summed E-state index contributed by atoms with van der Waals surface area (Å²) in [6.45, 7) is 0. The fourth-order valence-corrected chi connectivity index (χ4v) is 3.63. The number of aromatic nitrogens is 2. The number of thiazole rings is 1. The van der Waals surface area contributed by atoms with Gasteiger partial charge in [0.2, 0.25) is 0 Å². The average Bonchev–Trinajstić information content (AvgIpc) is 3.19. The van der Waals surface area contributed by atoms with Crippen molar-refractivity contribution < 1.29 is 9.18 Å². The minimum atomic E-state index is -0.309. The van der Waals surface area contributed by atoms with Gasteiger partial charge < -0.3 is 5.32 Å². The lowest BCUT2D eigenvalue weighted by Gasteiger charge is -2.05. The zero-order valence-corrected chi connectivity index (χ0v) is 15.4. The molecule has 2 aromatic heterocycles. The molecule has 0 aliphatic heterocycles. The monoisotopic (exact) mass is 405 g/mol. The van der Waals surface area contributed by atoms with E-state index in [-0.39, 0.29) is 11.7 Å². The van der Waals surface area contributed by atoms with Gasteiger partial charge in [-0.3, -0.25) is 9.20 Å². The van der Waals surface area contributed by atoms with E-state index in [1.54, 1.807) is 46.3 Å². The first-order valence-corrected chi connectivity index (χ1v) is 9.14. The van der Waals surface area contributed by atoms with Crippen LogP contribution in [0.5, 0.6) is 0 Å². The number of nitrogens with one attached hydrogen (secondary N) is 1. The molecular formula is C18H10Cl2FN3OS. The smallest absolute Gasteiger partial charge is 0.273 e. The summed E-state index contributed by atoms with van der Waals surface area (Å²) in [5.74, 6) is -0.603. The Morgan fingerprint density at radius 3 is 2.62 bits per heavy atom. The largest absolute Gasteiger partial charge is 0.321 e. The predicted octanol–water partition coefficient (Wildman–Crippen LogP) is 5.76. The summed E-state index contributed by atoms with van der Waals surface area (Å²) < 4.78 is 14.8. The van der Waals surface area contributed by atoms with Gasteiger partial charge in [-0.15, -0.1) is 11.3 Å². The number of amides is 1. The summed E-state index contributed by atoms with van der Waals surface area (Å²) in [6, 6.07) is 10.9. The maximum Gasteiger partial charge on any atom is 0.273 e. The lowest BCUT2D eigenvalue weighted by Crippen LogP contribution is -2.13. The Kier molecular flexibility index (Phi) is 4.40. The van der Waals surface area contributed by atoms with Gasteiger partial charge in [0.1, 0.15) is 11.5 Å². The number of carbonyl (C=O) groups excluding carboxylic acids is 1. The number of hydrogen-bond acceptors (Lipinski definition) is 3. The van der Waals surface area contributed by atoms with E-state index < -0.39 is 0 Å². The van der Waals surface area contributed by atoms with Crippen molar-refractivity contribution in [2.24, 2.45) is 0 Å². The molecule has 2 aromatic carbocycles. The SMILES string of the molecule is O=C(Nc1ccc(Cl)c(Cl)c1)c1csc2nc(-c3ccc(F)cc3)cn12. The summed E-state index contributed by atoms with van der Waals surface area (Å²) in [7, 11) is 0. The van der Waals surface area contributed by atoms with Crippen molar-refractivity contribution in [3.63, 3.8) is 0 Å². The minimum absolute atomic E-state index is 0.294. The predicted molar refractivity (Wildman–Crippen MR) is 103 cm³/mol. The third kappa shape index (κ3) is 3.19. The number of halogens is 3. The van der Waals surface area contributed by atoms with E-state index in [0.717, 1.165) is 5.56 Å². The minimum Gasteiger partial charge on any atom is -0.321 e. The van der Waals surface area contributed by atoms with Crippen LogP contribution in [0.1, 0.15) is 10.5 Å². The van der Waals surface area contributed by atoms with Gasteiger partial charge in [-0.1, -0.05) is 23.2 Å². The van der Waals surface area contributed by atoms with Crippen LogP contribution in [0.15, 0.2) is 54.0 Å². The Bertz CT molecular complexity index is 1120. The molecule has 0 aliphatic carbocycles. The number of fused-ring (bicyclic) bond motifs is 1. The number of carbonyl (C=O) groups is 1. The van der Waals surface area contributed by atoms with Crippen LogP contribution in [-0.4, -0.2) is 15.3 Å². The van der Waals surface area contributed by atoms with Crippen LogP contribution < -0.4 is 5.32 Å². The van der Waals surface area contributed by atoms with Gasteiger partial charge >= 0.3 is 0 Å². The Morgan fingerprint density at radius 1 is 1.12 bits per heavy atom. The van der Waals surface area contributed by atoms with E-state index in [1.165, 1.54) is 23.5 Å². The lowest BCUT2D eigenvalue weighted by atomic mass is 10.2. The normalized spacial score (nSPS) is 11.0. The molecule has 4 nitrogen and oxygen atoms in total. The number of rotatable bonds is 3. The third-order valence-corrected chi connectivity index (χ3v) is 5.34. The van der Waals surface area contributed by atoms with E-state index >= 15 is 0 Å². The second kappa shape index (κ2) is 6.72. The highest BCUT2D eigenvalue weighted by Crippen LogP contribution is 2.27. The van der Waals surface area contributed by atoms with Gasteiger partial charge in [0.15, 0.2) is 4.96 Å². The van der Waals surface area contributed by atoms with E-state index in [2.05, 4.69) is 10.3 Å². The molecule has 0 fully saturated rings. The maximum atomic E-state index is 13.1. The molecule has 1 amide bonds. The van der Waals surface area contributed by atoms with Crippen LogP contribution in [0.3, 0.4) is 0 Å². The number of nitrogens with zero attached hydrogens (tertiary/aromatic N) is 2. The van der Waals surface area contributed by atoms with E-state index in [4.69, 9.17) is 23.2 Å². The maximum absolute atomic E-state index is 13.1. The molecule has 0 atom stereocenters. The number of hydrogen-bond donors (Lipinski definition) is 1. The zero-order valence-electron chi connectivity index (χ0n) is 13.0. The van der Waals surface area contributed by atoms with Gasteiger partial charge in [-0.25, -0.2) is 9.37 Å². The third-order valence-electron chi connectivity index (χ3n) is 3.76. The Labute approximate surface area is 161 Å². The molecule has 0 aliphatic rings. The molecule has 0 spiro atoms. The van der Waals surface area contributed by atoms with Crippen LogP contribution in [0.25, 0.3) is 16.2 Å². The van der Waals surface area contributed by atoms with Crippen LogP contribution in [-0.2, 0) is 0 Å². The number of anilines is 1. The quantitative estimate of drug-likeness (QED) is 0.470. The van der Waals surface area contributed by atoms with Gasteiger partial charge in [0.25, 0.3) is 5.91 Å². The van der Waals surface area contributed by atoms with Crippen molar-refractivity contribution in [2.45, 2.75) is 0 Å². The molecule has 130 valence electrons. The Morgan fingerprint density at radius 2 is 1.88 bits per heavy atom. The summed E-state index contributed by atoms with van der Waals surface area (Å²) in [5.41, 5.74) is 2.43.